The van der Waals surface area contributed by atoms with Gasteiger partial charge >= 0.3 is 0 Å². The molecule has 2 nitrogen and oxygen atoms in total. The molecule has 6 rings (SSSR count). The number of aliphatic imine (C=N–C) groups is 1. The standard InChI is InChI=1S/C30H26N2/c1-3-11-27-22(7-1)9-5-13-29(27)31-25-17-15-21-16-18-26(20-24(21)19-25)32-30-14-6-10-23-8-2-4-12-28(23)30/h1-14,19-21,31H,15-18H2. The molecule has 0 saturated carbocycles. The van der Waals surface area contributed by atoms with E-state index in [2.05, 4.69) is 102 Å². The van der Waals surface area contributed by atoms with E-state index >= 15 is 0 Å². The lowest BCUT2D eigenvalue weighted by molar-refractivity contribution is 0.515. The first-order valence-corrected chi connectivity index (χ1v) is 11.6. The molecule has 0 radical (unpaired) electrons. The van der Waals surface area contributed by atoms with Crippen molar-refractivity contribution in [2.45, 2.75) is 25.7 Å². The van der Waals surface area contributed by atoms with Gasteiger partial charge in [0.25, 0.3) is 0 Å². The first-order chi connectivity index (χ1) is 15.8. The second kappa shape index (κ2) is 8.12. The van der Waals surface area contributed by atoms with E-state index in [-0.39, 0.29) is 0 Å². The monoisotopic (exact) mass is 414 g/mol. The number of hydrogen-bond donors (Lipinski definition) is 1. The topological polar surface area (TPSA) is 24.4 Å². The van der Waals surface area contributed by atoms with Gasteiger partial charge in [0.05, 0.1) is 5.69 Å². The van der Waals surface area contributed by atoms with Crippen molar-refractivity contribution in [2.75, 3.05) is 5.32 Å². The minimum atomic E-state index is 0.652. The Morgan fingerprint density at radius 3 is 2.22 bits per heavy atom. The number of benzene rings is 4. The minimum absolute atomic E-state index is 0.652. The fourth-order valence-electron chi connectivity index (χ4n) is 5.10. The first-order valence-electron chi connectivity index (χ1n) is 11.6. The van der Waals surface area contributed by atoms with Crippen molar-refractivity contribution in [1.29, 1.82) is 0 Å². The molecule has 0 fully saturated rings. The molecular formula is C30H26N2. The van der Waals surface area contributed by atoms with Crippen molar-refractivity contribution < 1.29 is 0 Å². The van der Waals surface area contributed by atoms with Gasteiger partial charge in [-0.1, -0.05) is 72.8 Å². The molecule has 0 amide bonds. The number of hydrogen-bond acceptors (Lipinski definition) is 2. The van der Waals surface area contributed by atoms with E-state index in [1.54, 1.807) is 0 Å². The van der Waals surface area contributed by atoms with Crippen molar-refractivity contribution in [1.82, 2.24) is 0 Å². The highest BCUT2D eigenvalue weighted by molar-refractivity contribution is 6.02. The van der Waals surface area contributed by atoms with Gasteiger partial charge in [0.1, 0.15) is 0 Å². The van der Waals surface area contributed by atoms with Crippen LogP contribution in [0.15, 0.2) is 113 Å². The van der Waals surface area contributed by atoms with E-state index in [1.807, 2.05) is 0 Å². The second-order valence-electron chi connectivity index (χ2n) is 8.84. The highest BCUT2D eigenvalue weighted by atomic mass is 14.9. The second-order valence-corrected chi connectivity index (χ2v) is 8.84. The van der Waals surface area contributed by atoms with Crippen LogP contribution < -0.4 is 5.32 Å². The summed E-state index contributed by atoms with van der Waals surface area (Å²) in [4.78, 5) is 5.08. The molecule has 0 heterocycles. The number of allylic oxidation sites excluding steroid dienone is 4. The highest BCUT2D eigenvalue weighted by Gasteiger charge is 2.24. The van der Waals surface area contributed by atoms with Crippen molar-refractivity contribution in [2.24, 2.45) is 10.9 Å². The predicted octanol–water partition coefficient (Wildman–Crippen LogP) is 8.19. The Hall–Kier alpha value is -3.65. The Bertz CT molecular complexity index is 1400. The molecule has 32 heavy (non-hydrogen) atoms. The molecule has 0 bridgehead atoms. The fraction of sp³-hybridized carbons (Fsp3) is 0.167. The molecule has 2 heteroatoms. The summed E-state index contributed by atoms with van der Waals surface area (Å²) in [6, 6.07) is 29.9. The third kappa shape index (κ3) is 3.62. The number of rotatable bonds is 3. The SMILES string of the molecule is C1=C(Nc2cccc3ccccc23)CCC2CCC(=Nc3cccc4ccccc34)C=C12. The van der Waals surface area contributed by atoms with Gasteiger partial charge in [0, 0.05) is 27.9 Å². The summed E-state index contributed by atoms with van der Waals surface area (Å²) in [6.45, 7) is 0. The van der Waals surface area contributed by atoms with Crippen LogP contribution in [-0.4, -0.2) is 5.71 Å². The van der Waals surface area contributed by atoms with Crippen LogP contribution in [0.25, 0.3) is 21.5 Å². The molecule has 1 unspecified atom stereocenters. The summed E-state index contributed by atoms with van der Waals surface area (Å²) in [7, 11) is 0. The third-order valence-electron chi connectivity index (χ3n) is 6.77. The molecule has 2 aliphatic carbocycles. The quantitative estimate of drug-likeness (QED) is 0.359. The van der Waals surface area contributed by atoms with E-state index in [1.165, 1.54) is 57.1 Å². The predicted molar refractivity (Wildman–Crippen MR) is 137 cm³/mol. The Morgan fingerprint density at radius 2 is 1.34 bits per heavy atom. The van der Waals surface area contributed by atoms with Gasteiger partial charge in [-0.05, 0) is 72.2 Å². The molecule has 156 valence electrons. The normalized spacial score (nSPS) is 19.5. The molecule has 4 aromatic carbocycles. The van der Waals surface area contributed by atoms with Crippen molar-refractivity contribution in [3.8, 4) is 0 Å². The lowest BCUT2D eigenvalue weighted by Gasteiger charge is -2.29. The van der Waals surface area contributed by atoms with E-state index in [4.69, 9.17) is 4.99 Å². The van der Waals surface area contributed by atoms with Gasteiger partial charge in [-0.3, -0.25) is 4.99 Å². The van der Waals surface area contributed by atoms with E-state index in [9.17, 15) is 0 Å². The van der Waals surface area contributed by atoms with Crippen molar-refractivity contribution >= 4 is 38.6 Å². The van der Waals surface area contributed by atoms with E-state index < -0.39 is 0 Å². The van der Waals surface area contributed by atoms with Crippen LogP contribution in [0.1, 0.15) is 25.7 Å². The summed E-state index contributed by atoms with van der Waals surface area (Å²) >= 11 is 0. The molecular weight excluding hydrogens is 388 g/mol. The third-order valence-corrected chi connectivity index (χ3v) is 6.77. The Kier molecular flexibility index (Phi) is 4.84. The zero-order valence-corrected chi connectivity index (χ0v) is 18.1. The van der Waals surface area contributed by atoms with Crippen LogP contribution in [0, 0.1) is 5.92 Å². The van der Waals surface area contributed by atoms with Crippen LogP contribution in [0.2, 0.25) is 0 Å². The summed E-state index contributed by atoms with van der Waals surface area (Å²) in [6.07, 6.45) is 9.25. The minimum Gasteiger partial charge on any atom is -0.358 e. The van der Waals surface area contributed by atoms with Crippen LogP contribution in [0.3, 0.4) is 0 Å². The number of nitrogens with one attached hydrogen (secondary N) is 1. The Labute approximate surface area is 189 Å². The molecule has 4 aromatic rings. The zero-order chi connectivity index (χ0) is 21.3. The van der Waals surface area contributed by atoms with E-state index in [0.29, 0.717) is 5.92 Å². The maximum atomic E-state index is 5.08. The highest BCUT2D eigenvalue weighted by Crippen LogP contribution is 2.37. The van der Waals surface area contributed by atoms with Crippen LogP contribution >= 0.6 is 0 Å². The lowest BCUT2D eigenvalue weighted by atomic mass is 9.79. The van der Waals surface area contributed by atoms with E-state index in [0.717, 1.165) is 18.5 Å². The average Bonchev–Trinajstić information content (AvgIpc) is 2.84. The van der Waals surface area contributed by atoms with Gasteiger partial charge in [-0.15, -0.1) is 0 Å². The largest absolute Gasteiger partial charge is 0.358 e. The Balaban J connectivity index is 1.33. The number of fused-ring (bicyclic) bond motifs is 3. The van der Waals surface area contributed by atoms with Gasteiger partial charge < -0.3 is 5.32 Å². The Morgan fingerprint density at radius 1 is 0.656 bits per heavy atom. The average molecular weight is 415 g/mol. The number of anilines is 1. The lowest BCUT2D eigenvalue weighted by Crippen LogP contribution is -2.18. The van der Waals surface area contributed by atoms with Crippen molar-refractivity contribution in [3.05, 3.63) is 108 Å². The van der Waals surface area contributed by atoms with Gasteiger partial charge in [-0.2, -0.15) is 0 Å². The molecule has 0 aliphatic heterocycles. The molecule has 0 spiro atoms. The molecule has 1 atom stereocenters. The fourth-order valence-corrected chi connectivity index (χ4v) is 5.10. The summed E-state index contributed by atoms with van der Waals surface area (Å²) in [5, 5.41) is 8.74. The summed E-state index contributed by atoms with van der Waals surface area (Å²) in [5.41, 5.74) is 6.17. The number of nitrogens with zero attached hydrogens (tertiary/aromatic N) is 1. The summed E-state index contributed by atoms with van der Waals surface area (Å²) in [5.74, 6) is 0.652. The van der Waals surface area contributed by atoms with Crippen LogP contribution in [0.4, 0.5) is 11.4 Å². The smallest absolute Gasteiger partial charge is 0.0711 e. The summed E-state index contributed by atoms with van der Waals surface area (Å²) < 4.78 is 0. The van der Waals surface area contributed by atoms with Crippen molar-refractivity contribution in [3.63, 3.8) is 0 Å². The van der Waals surface area contributed by atoms with Crippen LogP contribution in [0.5, 0.6) is 0 Å². The van der Waals surface area contributed by atoms with Gasteiger partial charge in [0.15, 0.2) is 0 Å². The van der Waals surface area contributed by atoms with Gasteiger partial charge in [0.2, 0.25) is 0 Å². The molecule has 0 aromatic heterocycles. The van der Waals surface area contributed by atoms with Gasteiger partial charge in [-0.25, -0.2) is 0 Å². The zero-order valence-electron chi connectivity index (χ0n) is 18.1. The molecule has 2 aliphatic rings. The maximum Gasteiger partial charge on any atom is 0.0711 e. The molecule has 0 saturated heterocycles. The first kappa shape index (κ1) is 19.1. The van der Waals surface area contributed by atoms with Crippen LogP contribution in [-0.2, 0) is 0 Å². The maximum absolute atomic E-state index is 5.08. The molecule has 1 N–H and O–H groups in total.